The minimum absolute atomic E-state index is 0.234. The van der Waals surface area contributed by atoms with Crippen molar-refractivity contribution in [1.82, 2.24) is 20.1 Å². The number of aromatic nitrogens is 3. The summed E-state index contributed by atoms with van der Waals surface area (Å²) in [5.74, 6) is -0.338. The van der Waals surface area contributed by atoms with Gasteiger partial charge in [0.05, 0.1) is 19.0 Å². The van der Waals surface area contributed by atoms with Gasteiger partial charge in [-0.05, 0) is 12.1 Å². The predicted molar refractivity (Wildman–Crippen MR) is 60.5 cm³/mol. The lowest BCUT2D eigenvalue weighted by atomic mass is 10.3. The Hall–Kier alpha value is -2.21. The van der Waals surface area contributed by atoms with Gasteiger partial charge in [-0.1, -0.05) is 23.4 Å². The summed E-state index contributed by atoms with van der Waals surface area (Å²) in [6.45, 7) is 0. The molecule has 0 saturated carbocycles. The van der Waals surface area contributed by atoms with Gasteiger partial charge < -0.3 is 0 Å². The number of hydrogen-bond donors (Lipinski definition) is 0. The highest BCUT2D eigenvalue weighted by Crippen LogP contribution is 2.06. The molecular formula is C11H12N4O2. The Morgan fingerprint density at radius 3 is 2.71 bits per heavy atom. The van der Waals surface area contributed by atoms with E-state index in [2.05, 4.69) is 10.3 Å². The molecule has 6 nitrogen and oxygen atoms in total. The summed E-state index contributed by atoms with van der Waals surface area (Å²) < 4.78 is 1.54. The molecule has 1 heterocycles. The van der Waals surface area contributed by atoms with E-state index in [4.69, 9.17) is 4.84 Å². The molecule has 1 aromatic heterocycles. The van der Waals surface area contributed by atoms with E-state index < -0.39 is 0 Å². The van der Waals surface area contributed by atoms with E-state index in [9.17, 15) is 4.79 Å². The topological polar surface area (TPSA) is 60.2 Å². The normalized spacial score (nSPS) is 10.2. The highest BCUT2D eigenvalue weighted by molar-refractivity contribution is 5.91. The van der Waals surface area contributed by atoms with Crippen molar-refractivity contribution in [2.24, 2.45) is 0 Å². The predicted octanol–water partition coefficient (Wildman–Crippen LogP) is 0.901. The molecular weight excluding hydrogens is 220 g/mol. The highest BCUT2D eigenvalue weighted by atomic mass is 16.7. The first kappa shape index (κ1) is 11.3. The van der Waals surface area contributed by atoms with Crippen molar-refractivity contribution in [3.8, 4) is 5.69 Å². The van der Waals surface area contributed by atoms with Gasteiger partial charge in [-0.15, -0.1) is 5.10 Å². The zero-order chi connectivity index (χ0) is 12.3. The van der Waals surface area contributed by atoms with Crippen molar-refractivity contribution >= 4 is 5.91 Å². The van der Waals surface area contributed by atoms with E-state index in [1.165, 1.54) is 18.8 Å². The molecule has 0 aliphatic rings. The second kappa shape index (κ2) is 4.75. The maximum absolute atomic E-state index is 11.7. The summed E-state index contributed by atoms with van der Waals surface area (Å²) in [5, 5.41) is 8.79. The third kappa shape index (κ3) is 2.31. The summed E-state index contributed by atoms with van der Waals surface area (Å²) in [6.07, 6.45) is 1.56. The number of hydrogen-bond acceptors (Lipinski definition) is 4. The van der Waals surface area contributed by atoms with E-state index in [-0.39, 0.29) is 11.6 Å². The van der Waals surface area contributed by atoms with Crippen LogP contribution in [0.2, 0.25) is 0 Å². The lowest BCUT2D eigenvalue weighted by Gasteiger charge is -2.10. The van der Waals surface area contributed by atoms with Gasteiger partial charge in [0.1, 0.15) is 0 Å². The van der Waals surface area contributed by atoms with Crippen LogP contribution < -0.4 is 0 Å². The van der Waals surface area contributed by atoms with E-state index in [1.807, 2.05) is 30.3 Å². The standard InChI is InChI=1S/C11H12N4O2/c1-14(17-2)11(16)10-8-15(13-12-10)9-6-4-3-5-7-9/h3-8H,1-2H3. The Labute approximate surface area is 98.4 Å². The van der Waals surface area contributed by atoms with E-state index in [1.54, 1.807) is 6.20 Å². The SMILES string of the molecule is CON(C)C(=O)c1cn(-c2ccccc2)nn1. The molecule has 2 aromatic rings. The third-order valence-corrected chi connectivity index (χ3v) is 2.29. The largest absolute Gasteiger partial charge is 0.299 e. The Kier molecular flexibility index (Phi) is 3.15. The Morgan fingerprint density at radius 2 is 2.06 bits per heavy atom. The second-order valence-electron chi connectivity index (χ2n) is 3.37. The molecule has 0 saturated heterocycles. The molecule has 2 rings (SSSR count). The van der Waals surface area contributed by atoms with Crippen LogP contribution in [0.4, 0.5) is 0 Å². The first-order valence-electron chi connectivity index (χ1n) is 5.02. The molecule has 0 radical (unpaired) electrons. The number of amides is 1. The number of benzene rings is 1. The zero-order valence-corrected chi connectivity index (χ0v) is 9.57. The summed E-state index contributed by atoms with van der Waals surface area (Å²) in [5.41, 5.74) is 1.08. The molecule has 0 aliphatic carbocycles. The number of carbonyl (C=O) groups is 1. The van der Waals surface area contributed by atoms with Crippen molar-refractivity contribution in [3.05, 3.63) is 42.2 Å². The van der Waals surface area contributed by atoms with Crippen molar-refractivity contribution in [1.29, 1.82) is 0 Å². The van der Waals surface area contributed by atoms with Crippen LogP contribution in [0.15, 0.2) is 36.5 Å². The van der Waals surface area contributed by atoms with Gasteiger partial charge in [-0.25, -0.2) is 9.75 Å². The van der Waals surface area contributed by atoms with E-state index in [0.29, 0.717) is 0 Å². The molecule has 17 heavy (non-hydrogen) atoms. The molecule has 1 aromatic carbocycles. The van der Waals surface area contributed by atoms with Gasteiger partial charge in [0.25, 0.3) is 5.91 Å². The molecule has 6 heteroatoms. The maximum atomic E-state index is 11.7. The Balaban J connectivity index is 2.25. The molecule has 0 aliphatic heterocycles. The highest BCUT2D eigenvalue weighted by Gasteiger charge is 2.15. The van der Waals surface area contributed by atoms with E-state index >= 15 is 0 Å². The van der Waals surface area contributed by atoms with Gasteiger partial charge in [-0.2, -0.15) is 0 Å². The van der Waals surface area contributed by atoms with Gasteiger partial charge in [-0.3, -0.25) is 9.63 Å². The smallest absolute Gasteiger partial charge is 0.274 e. The van der Waals surface area contributed by atoms with Crippen molar-refractivity contribution < 1.29 is 9.63 Å². The molecule has 0 bridgehead atoms. The van der Waals surface area contributed by atoms with Crippen molar-refractivity contribution in [2.45, 2.75) is 0 Å². The number of para-hydroxylation sites is 1. The summed E-state index contributed by atoms with van der Waals surface area (Å²) >= 11 is 0. The maximum Gasteiger partial charge on any atom is 0.299 e. The van der Waals surface area contributed by atoms with Crippen LogP contribution >= 0.6 is 0 Å². The molecule has 88 valence electrons. The number of rotatable bonds is 3. The molecule has 0 spiro atoms. The Morgan fingerprint density at radius 1 is 1.35 bits per heavy atom. The van der Waals surface area contributed by atoms with Crippen LogP contribution in [0.5, 0.6) is 0 Å². The van der Waals surface area contributed by atoms with E-state index in [0.717, 1.165) is 10.8 Å². The fourth-order valence-electron chi connectivity index (χ4n) is 1.31. The first-order chi connectivity index (χ1) is 8.22. The number of nitrogens with zero attached hydrogens (tertiary/aromatic N) is 4. The summed E-state index contributed by atoms with van der Waals surface area (Å²) in [7, 11) is 2.93. The molecule has 0 unspecified atom stereocenters. The fraction of sp³-hybridized carbons (Fsp3) is 0.182. The molecule has 0 N–H and O–H groups in total. The summed E-state index contributed by atoms with van der Waals surface area (Å²) in [6, 6.07) is 9.44. The molecule has 0 fully saturated rings. The zero-order valence-electron chi connectivity index (χ0n) is 9.57. The average molecular weight is 232 g/mol. The van der Waals surface area contributed by atoms with Crippen LogP contribution in [-0.2, 0) is 4.84 Å². The second-order valence-corrected chi connectivity index (χ2v) is 3.37. The fourth-order valence-corrected chi connectivity index (χ4v) is 1.31. The van der Waals surface area contributed by atoms with Crippen molar-refractivity contribution in [2.75, 3.05) is 14.2 Å². The van der Waals surface area contributed by atoms with Gasteiger partial charge in [0.2, 0.25) is 0 Å². The van der Waals surface area contributed by atoms with Gasteiger partial charge in [0.15, 0.2) is 5.69 Å². The van der Waals surface area contributed by atoms with Gasteiger partial charge >= 0.3 is 0 Å². The van der Waals surface area contributed by atoms with Crippen molar-refractivity contribution in [3.63, 3.8) is 0 Å². The van der Waals surface area contributed by atoms with Crippen LogP contribution in [0, 0.1) is 0 Å². The number of carbonyl (C=O) groups excluding carboxylic acids is 1. The monoisotopic (exact) mass is 232 g/mol. The Bertz CT molecular complexity index is 509. The molecule has 1 amide bonds. The minimum atomic E-state index is -0.338. The molecule has 0 atom stereocenters. The van der Waals surface area contributed by atoms with Crippen LogP contribution in [-0.4, -0.2) is 40.1 Å². The van der Waals surface area contributed by atoms with Gasteiger partial charge in [0, 0.05) is 7.05 Å². The number of hydroxylamine groups is 2. The first-order valence-corrected chi connectivity index (χ1v) is 5.02. The quantitative estimate of drug-likeness (QED) is 0.738. The third-order valence-electron chi connectivity index (χ3n) is 2.29. The average Bonchev–Trinajstić information content (AvgIpc) is 2.87. The lowest BCUT2D eigenvalue weighted by Crippen LogP contribution is -2.25. The van der Waals surface area contributed by atoms with Crippen LogP contribution in [0.1, 0.15) is 10.5 Å². The van der Waals surface area contributed by atoms with Crippen LogP contribution in [0.25, 0.3) is 5.69 Å². The minimum Gasteiger partial charge on any atom is -0.274 e. The summed E-state index contributed by atoms with van der Waals surface area (Å²) in [4.78, 5) is 16.5. The van der Waals surface area contributed by atoms with Crippen LogP contribution in [0.3, 0.4) is 0 Å². The lowest BCUT2D eigenvalue weighted by molar-refractivity contribution is -0.0760.